The van der Waals surface area contributed by atoms with Gasteiger partial charge in [-0.1, -0.05) is 174 Å². The van der Waals surface area contributed by atoms with E-state index in [9.17, 15) is 47.9 Å². The molecule has 8 aliphatic heterocycles. The number of aliphatic hydroxyl groups is 1. The number of hydrogen-bond acceptors (Lipinski definition) is 23. The number of fused-ring (bicyclic) bond motifs is 8. The Balaban J connectivity index is 0.000000178. The number of aliphatic imine (C=N–C) groups is 1. The quantitative estimate of drug-likeness (QED) is 0.0119. The van der Waals surface area contributed by atoms with Gasteiger partial charge in [-0.3, -0.25) is 74.9 Å². The van der Waals surface area contributed by atoms with Crippen LogP contribution in [0, 0.1) is 11.9 Å². The van der Waals surface area contributed by atoms with Crippen LogP contribution in [0.15, 0.2) is 238 Å². The normalized spacial score (nSPS) is 16.3. The van der Waals surface area contributed by atoms with E-state index >= 15 is 0 Å². The van der Waals surface area contributed by atoms with Crippen LogP contribution in [0.1, 0.15) is 232 Å². The first kappa shape index (κ1) is 114. The monoisotopic (exact) mass is 2340 g/mol. The summed E-state index contributed by atoms with van der Waals surface area (Å²) in [4.78, 5) is 144. The summed E-state index contributed by atoms with van der Waals surface area (Å²) >= 11 is 20.9. The molecule has 12 N–H and O–H groups in total. The molecule has 1 aromatic heterocycles. The van der Waals surface area contributed by atoms with E-state index in [1.54, 1.807) is 112 Å². The number of hydrogen-bond donors (Lipinski definition) is 6. The topological polar surface area (TPSA) is 437 Å². The fourth-order valence-electron chi connectivity index (χ4n) is 17.6. The van der Waals surface area contributed by atoms with Crippen LogP contribution in [-0.4, -0.2) is 207 Å². The largest absolute Gasteiger partial charge is 0.308 e. The SMILES string of the molecule is CC(C)(C)OC(=O)N1CCc2cc(Br)ccc2C1CN.CC(C)(C)OC(=O)N1CCc2cc(Br)ccc2C1CN1C(=O)c2ccccc2C1=O.COC(=O)c1ccncc1CCC1c2ccc(Br)cc2CCN1C(=O)OC(C)(C)C.NCCc1cccc(Br)c1.NN.O.O=BC#CO.O=C1c2ccccc2C(=O)N1CC1=NCCc2cc(Br)ccc21.O=C1c2ccccc2C(=O)N1CC1NCCc2cc(Br)ccc21. The molecule has 0 saturated carbocycles. The van der Waals surface area contributed by atoms with Crippen LogP contribution in [0.25, 0.3) is 0 Å². The number of aliphatic hydroxyl groups excluding tert-OH is 1. The van der Waals surface area contributed by atoms with E-state index < -0.39 is 28.9 Å². The molecule has 9 heterocycles. The van der Waals surface area contributed by atoms with Gasteiger partial charge in [0.05, 0.1) is 89.0 Å². The van der Waals surface area contributed by atoms with Gasteiger partial charge in [0.2, 0.25) is 0 Å². The van der Waals surface area contributed by atoms with Gasteiger partial charge in [-0.25, -0.2) is 19.2 Å². The standard InChI is InChI=1S/C23H23BrN2O4.C23H27BrN2O4.C18H15BrN2O2.C18H13BrN2O2.C15H21BrN2O2.C8H10BrN.C2HBO2.H4N2.H2O/c1-23(2,3)30-22(29)25-11-10-14-12-15(24)8-9-16(14)19(25)13-26-20(27)17-6-4-5-7-18(17)21(26)28;1-23(2,3)30-22(28)26-12-10-15-13-17(24)6-7-18(15)20(26)8-5-16-14-25-11-9-19(16)21(27)29-4;2*19-12-5-6-13-11(9-12)7-8-20-16(13)10-21-17(22)14-3-1-2-4-15(14)18(21)23;1-15(2,3)20-14(19)18-7-6-10-8-11(16)4-5-12(10)13(18)9-17;9-8-3-1-2-7(6-8)4-5-10;4-2-1-3-5;1-2;/h4-9,12,19H,10-11,13H2,1-3H3;6-7,9,11,13-14,20H,5,8,10,12H2,1-4H3;1-6,9,16,20H,7-8,10H2;1-6,9H,7-8,10H2;4-5,8,13H,6-7,9,17H2,1-3H3;1-3,6H,4-5,10H2;4H;1-2H2;1H2. The Kier molecular flexibility index (Phi) is 41.6. The summed E-state index contributed by atoms with van der Waals surface area (Å²) in [6, 6.07) is 60.3. The molecule has 9 amide bonds. The molecule has 30 nitrogen and oxygen atoms in total. The van der Waals surface area contributed by atoms with E-state index in [2.05, 4.69) is 171 Å². The van der Waals surface area contributed by atoms with Crippen LogP contribution in [0.3, 0.4) is 0 Å². The average Bonchev–Trinajstić information content (AvgIpc) is 1.56. The number of nitrogens with two attached hydrogens (primary N) is 4. The molecule has 0 bridgehead atoms. The minimum atomic E-state index is -0.642. The van der Waals surface area contributed by atoms with E-state index in [1.165, 1.54) is 55.7 Å². The third-order valence-electron chi connectivity index (χ3n) is 23.9. The third kappa shape index (κ3) is 29.6. The van der Waals surface area contributed by atoms with E-state index in [1.807, 2.05) is 129 Å². The number of aryl methyl sites for hydroxylation is 1. The van der Waals surface area contributed by atoms with Crippen molar-refractivity contribution < 1.29 is 82.2 Å². The van der Waals surface area contributed by atoms with Gasteiger partial charge < -0.3 is 46.1 Å². The predicted octanol–water partition coefficient (Wildman–Crippen LogP) is 18.2. The zero-order chi connectivity index (χ0) is 104. The first-order valence-electron chi connectivity index (χ1n) is 46.3. The van der Waals surface area contributed by atoms with Crippen molar-refractivity contribution in [1.82, 2.24) is 39.7 Å². The Morgan fingerprint density at radius 2 is 0.861 bits per heavy atom. The van der Waals surface area contributed by atoms with Gasteiger partial charge in [-0.15, -0.1) is 0 Å². The van der Waals surface area contributed by atoms with E-state index in [0.29, 0.717) is 105 Å². The number of aromatic nitrogens is 1. The number of nitrogens with zero attached hydrogens (tertiary/aromatic N) is 8. The Hall–Kier alpha value is -11.6. The van der Waals surface area contributed by atoms with E-state index in [-0.39, 0.29) is 90.3 Å². The van der Waals surface area contributed by atoms with Gasteiger partial charge in [-0.05, 0) is 303 Å². The van der Waals surface area contributed by atoms with Gasteiger partial charge in [0, 0.05) is 84.1 Å². The molecule has 0 radical (unpaired) electrons. The zero-order valence-corrected chi connectivity index (χ0v) is 91.0. The fourth-order valence-corrected chi connectivity index (χ4v) is 20.1. The van der Waals surface area contributed by atoms with Crippen molar-refractivity contribution in [3.8, 4) is 11.9 Å². The number of nitrogens with one attached hydrogen (secondary N) is 1. The van der Waals surface area contributed by atoms with Crippen molar-refractivity contribution in [2.45, 2.75) is 155 Å². The summed E-state index contributed by atoms with van der Waals surface area (Å²) < 4.78 is 36.9. The van der Waals surface area contributed by atoms with Crippen LogP contribution in [0.2, 0.25) is 0 Å². The van der Waals surface area contributed by atoms with E-state index in [4.69, 9.17) is 40.2 Å². The second-order valence-electron chi connectivity index (χ2n) is 36.9. The molecule has 37 heteroatoms. The van der Waals surface area contributed by atoms with Crippen LogP contribution in [-0.2, 0) is 68.6 Å². The van der Waals surface area contributed by atoms with Crippen LogP contribution in [0.5, 0.6) is 0 Å². The first-order chi connectivity index (χ1) is 68.2. The average molecular weight is 2350 g/mol. The summed E-state index contributed by atoms with van der Waals surface area (Å²) in [6.07, 6.45) is 9.89. The summed E-state index contributed by atoms with van der Waals surface area (Å²) in [5.74, 6) is 7.82. The number of carbonyl (C=O) groups is 10. The summed E-state index contributed by atoms with van der Waals surface area (Å²) in [5, 5.41) is 10.9. The number of imide groups is 3. The van der Waals surface area contributed by atoms with Gasteiger partial charge in [-0.2, -0.15) is 0 Å². The summed E-state index contributed by atoms with van der Waals surface area (Å²) in [5.41, 5.74) is 27.1. The Morgan fingerprint density at radius 3 is 1.28 bits per heavy atom. The van der Waals surface area contributed by atoms with Gasteiger partial charge in [0.15, 0.2) is 0 Å². The van der Waals surface area contributed by atoms with E-state index in [0.717, 1.165) is 117 Å². The van der Waals surface area contributed by atoms with Crippen molar-refractivity contribution >= 4 is 168 Å². The molecule has 9 aromatic carbocycles. The second kappa shape index (κ2) is 52.4. The molecule has 8 aliphatic rings. The number of esters is 1. The molecule has 0 fully saturated rings. The maximum Gasteiger partial charge on any atom is 0.261 e. The minimum Gasteiger partial charge on any atom is -0.308 e. The number of halogens is 6. The molecule has 0 aliphatic carbocycles. The number of rotatable bonds is 13. The zero-order valence-electron chi connectivity index (χ0n) is 81.5. The van der Waals surface area contributed by atoms with Crippen LogP contribution < -0.4 is 28.5 Å². The van der Waals surface area contributed by atoms with Gasteiger partial charge in [0.25, 0.3) is 35.4 Å². The summed E-state index contributed by atoms with van der Waals surface area (Å²) in [7, 11) is 1.69. The molecule has 144 heavy (non-hydrogen) atoms. The van der Waals surface area contributed by atoms with Crippen molar-refractivity contribution in [2.75, 3.05) is 72.6 Å². The number of pyridine rings is 1. The summed E-state index contributed by atoms with van der Waals surface area (Å²) in [6.45, 7) is 21.7. The number of carbonyl (C=O) groups excluding carboxylic acids is 10. The molecule has 4 unspecified atom stereocenters. The Labute approximate surface area is 889 Å². The number of benzene rings is 9. The molecule has 756 valence electrons. The third-order valence-corrected chi connectivity index (χ3v) is 26.9. The Morgan fingerprint density at radius 1 is 0.465 bits per heavy atom. The maximum absolute atomic E-state index is 13.0. The van der Waals surface area contributed by atoms with Crippen molar-refractivity contribution in [3.05, 3.63) is 339 Å². The maximum atomic E-state index is 13.0. The van der Waals surface area contributed by atoms with Gasteiger partial charge in [0.1, 0.15) is 16.8 Å². The fraction of sp³-hybridized carbons (Fsp3) is 0.327. The molecular formula is C107H116BBr6N13O17. The first-order valence-corrected chi connectivity index (χ1v) is 51.1. The predicted molar refractivity (Wildman–Crippen MR) is 572 cm³/mol. The number of methoxy groups -OCH3 is 1. The molecule has 18 rings (SSSR count). The van der Waals surface area contributed by atoms with Gasteiger partial charge >= 0.3 is 53.1 Å². The smallest absolute Gasteiger partial charge is 0.261 e. The Bertz CT molecular complexity index is 6400. The number of ether oxygens (including phenoxy) is 4. The molecular weight excluding hydrogens is 2230 g/mol. The number of hydrazine groups is 1. The number of amides is 9. The van der Waals surface area contributed by atoms with Crippen LogP contribution >= 0.6 is 95.6 Å². The molecule has 0 saturated heterocycles. The second-order valence-corrected chi connectivity index (χ2v) is 42.4. The molecule has 4 atom stereocenters. The van der Waals surface area contributed by atoms with Crippen LogP contribution in [0.4, 0.5) is 14.4 Å². The van der Waals surface area contributed by atoms with Crippen molar-refractivity contribution in [1.29, 1.82) is 0 Å². The molecule has 10 aromatic rings. The minimum absolute atomic E-state index is 0. The van der Waals surface area contributed by atoms with Crippen molar-refractivity contribution in [3.63, 3.8) is 0 Å². The molecule has 0 spiro atoms. The van der Waals surface area contributed by atoms with Crippen molar-refractivity contribution in [2.24, 2.45) is 28.1 Å².